The maximum Gasteiger partial charge on any atom is 0.174 e. The molecule has 78 valence electrons. The highest BCUT2D eigenvalue weighted by Crippen LogP contribution is 2.22. The first-order valence-electron chi connectivity index (χ1n) is 4.73. The number of rotatable bonds is 3. The molecule has 0 fully saturated rings. The molecule has 0 bridgehead atoms. The lowest BCUT2D eigenvalue weighted by molar-refractivity contribution is 0.0957. The van der Waals surface area contributed by atoms with Gasteiger partial charge in [-0.1, -0.05) is 26.8 Å². The molecule has 0 amide bonds. The molecule has 1 rings (SSSR count). The van der Waals surface area contributed by atoms with Crippen LogP contribution in [0, 0.1) is 5.41 Å². The lowest BCUT2D eigenvalue weighted by Gasteiger charge is -2.26. The maximum atomic E-state index is 11.7. The van der Waals surface area contributed by atoms with Crippen LogP contribution in [0.5, 0.6) is 0 Å². The second kappa shape index (κ2) is 4.24. The minimum atomic E-state index is -0.0721. The summed E-state index contributed by atoms with van der Waals surface area (Å²) in [5.74, 6) is 0.155. The van der Waals surface area contributed by atoms with Crippen molar-refractivity contribution in [3.05, 3.63) is 22.4 Å². The van der Waals surface area contributed by atoms with E-state index in [1.165, 1.54) is 11.3 Å². The van der Waals surface area contributed by atoms with Crippen LogP contribution in [0.4, 0.5) is 0 Å². The van der Waals surface area contributed by atoms with Gasteiger partial charge in [0, 0.05) is 12.5 Å². The van der Waals surface area contributed by atoms with E-state index in [2.05, 4.69) is 20.8 Å². The molecule has 1 aromatic rings. The fourth-order valence-corrected chi connectivity index (χ4v) is 1.72. The summed E-state index contributed by atoms with van der Waals surface area (Å²) in [6.07, 6.45) is 0.435. The Labute approximate surface area is 89.1 Å². The summed E-state index contributed by atoms with van der Waals surface area (Å²) in [6, 6.07) is 3.67. The minimum absolute atomic E-state index is 0.00702. The van der Waals surface area contributed by atoms with Gasteiger partial charge in [0.05, 0.1) is 4.88 Å². The Morgan fingerprint density at radius 1 is 1.57 bits per heavy atom. The molecule has 0 spiro atoms. The number of Topliss-reactive ketones (excluding diaryl/α,β-unsaturated/α-hetero) is 1. The Bertz CT molecular complexity index is 298. The molecule has 14 heavy (non-hydrogen) atoms. The number of carbonyl (C=O) groups excluding carboxylic acids is 1. The van der Waals surface area contributed by atoms with Gasteiger partial charge in [0.15, 0.2) is 5.78 Å². The highest BCUT2D eigenvalue weighted by atomic mass is 32.1. The lowest BCUT2D eigenvalue weighted by atomic mass is 9.84. The van der Waals surface area contributed by atoms with Crippen molar-refractivity contribution in [2.75, 3.05) is 0 Å². The van der Waals surface area contributed by atoms with Crippen molar-refractivity contribution in [3.8, 4) is 0 Å². The quantitative estimate of drug-likeness (QED) is 0.781. The molecule has 1 unspecified atom stereocenters. The van der Waals surface area contributed by atoms with Crippen LogP contribution in [0.25, 0.3) is 0 Å². The standard InChI is InChI=1S/C11H17NOS/c1-11(2,3)10(12)7-8(13)9-5-4-6-14-9/h4-6,10H,7,12H2,1-3H3. The smallest absolute Gasteiger partial charge is 0.174 e. The van der Waals surface area contributed by atoms with Gasteiger partial charge >= 0.3 is 0 Å². The molecule has 0 radical (unpaired) electrons. The molecule has 3 heteroatoms. The fraction of sp³-hybridized carbons (Fsp3) is 0.545. The van der Waals surface area contributed by atoms with E-state index in [0.717, 1.165) is 4.88 Å². The number of carbonyl (C=O) groups is 1. The van der Waals surface area contributed by atoms with Gasteiger partial charge in [-0.25, -0.2) is 0 Å². The first kappa shape index (κ1) is 11.4. The van der Waals surface area contributed by atoms with Gasteiger partial charge in [0.25, 0.3) is 0 Å². The first-order valence-corrected chi connectivity index (χ1v) is 5.61. The topological polar surface area (TPSA) is 43.1 Å². The summed E-state index contributed by atoms with van der Waals surface area (Å²) >= 11 is 1.48. The molecule has 1 aromatic heterocycles. The molecule has 0 aliphatic carbocycles. The Hall–Kier alpha value is -0.670. The van der Waals surface area contributed by atoms with Crippen LogP contribution in [-0.4, -0.2) is 11.8 Å². The van der Waals surface area contributed by atoms with Crippen molar-refractivity contribution in [1.29, 1.82) is 0 Å². The molecule has 0 saturated heterocycles. The maximum absolute atomic E-state index is 11.7. The average Bonchev–Trinajstić information content (AvgIpc) is 2.53. The zero-order valence-corrected chi connectivity index (χ0v) is 9.73. The summed E-state index contributed by atoms with van der Waals surface area (Å²) in [5.41, 5.74) is 5.93. The van der Waals surface area contributed by atoms with Crippen molar-refractivity contribution in [1.82, 2.24) is 0 Å². The molecule has 0 aliphatic rings. The van der Waals surface area contributed by atoms with E-state index in [1.54, 1.807) is 0 Å². The van der Waals surface area contributed by atoms with Crippen LogP contribution in [0.2, 0.25) is 0 Å². The van der Waals surface area contributed by atoms with E-state index in [-0.39, 0.29) is 17.2 Å². The zero-order valence-electron chi connectivity index (χ0n) is 8.91. The number of thiophene rings is 1. The van der Waals surface area contributed by atoms with E-state index in [1.807, 2.05) is 17.5 Å². The highest BCUT2D eigenvalue weighted by Gasteiger charge is 2.23. The molecule has 0 aliphatic heterocycles. The summed E-state index contributed by atoms with van der Waals surface area (Å²) in [4.78, 5) is 12.5. The average molecular weight is 211 g/mol. The second-order valence-electron chi connectivity index (χ2n) is 4.58. The predicted octanol–water partition coefficient (Wildman–Crippen LogP) is 2.69. The van der Waals surface area contributed by atoms with Gasteiger partial charge in [-0.15, -0.1) is 11.3 Å². The third-order valence-electron chi connectivity index (χ3n) is 2.31. The molecule has 0 saturated carbocycles. The number of nitrogens with two attached hydrogens (primary N) is 1. The second-order valence-corrected chi connectivity index (χ2v) is 5.52. The van der Waals surface area contributed by atoms with Gasteiger partial charge in [-0.05, 0) is 16.9 Å². The summed E-state index contributed by atoms with van der Waals surface area (Å²) in [6.45, 7) is 6.16. The van der Waals surface area contributed by atoms with E-state index >= 15 is 0 Å². The lowest BCUT2D eigenvalue weighted by Crippen LogP contribution is -2.36. The van der Waals surface area contributed by atoms with Gasteiger partial charge in [-0.2, -0.15) is 0 Å². The molecule has 2 N–H and O–H groups in total. The monoisotopic (exact) mass is 211 g/mol. The van der Waals surface area contributed by atoms with Crippen LogP contribution in [0.3, 0.4) is 0 Å². The minimum Gasteiger partial charge on any atom is -0.327 e. The van der Waals surface area contributed by atoms with E-state index in [4.69, 9.17) is 5.73 Å². The number of ketones is 1. The highest BCUT2D eigenvalue weighted by molar-refractivity contribution is 7.12. The SMILES string of the molecule is CC(C)(C)C(N)CC(=O)c1cccs1. The van der Waals surface area contributed by atoms with E-state index in [9.17, 15) is 4.79 Å². The Balaban J connectivity index is 2.58. The van der Waals surface area contributed by atoms with Crippen LogP contribution in [0.1, 0.15) is 36.9 Å². The van der Waals surface area contributed by atoms with Crippen LogP contribution < -0.4 is 5.73 Å². The van der Waals surface area contributed by atoms with Gasteiger partial charge in [0.1, 0.15) is 0 Å². The number of hydrogen-bond acceptors (Lipinski definition) is 3. The van der Waals surface area contributed by atoms with Crippen molar-refractivity contribution >= 4 is 17.1 Å². The molecule has 0 aromatic carbocycles. The summed E-state index contributed by atoms with van der Waals surface area (Å²) in [7, 11) is 0. The van der Waals surface area contributed by atoms with Gasteiger partial charge in [0.2, 0.25) is 0 Å². The van der Waals surface area contributed by atoms with E-state index in [0.29, 0.717) is 6.42 Å². The molecular weight excluding hydrogens is 194 g/mol. The normalized spacial score (nSPS) is 14.0. The Kier molecular flexibility index (Phi) is 3.45. The van der Waals surface area contributed by atoms with Crippen LogP contribution in [-0.2, 0) is 0 Å². The zero-order chi connectivity index (χ0) is 10.8. The van der Waals surface area contributed by atoms with Crippen molar-refractivity contribution in [3.63, 3.8) is 0 Å². The van der Waals surface area contributed by atoms with Crippen molar-refractivity contribution < 1.29 is 4.79 Å². The Morgan fingerprint density at radius 2 is 2.21 bits per heavy atom. The largest absolute Gasteiger partial charge is 0.327 e. The summed E-state index contributed by atoms with van der Waals surface area (Å²) < 4.78 is 0. The third kappa shape index (κ3) is 2.93. The predicted molar refractivity (Wildman–Crippen MR) is 60.7 cm³/mol. The first-order chi connectivity index (χ1) is 6.41. The molecule has 1 heterocycles. The third-order valence-corrected chi connectivity index (χ3v) is 3.22. The van der Waals surface area contributed by atoms with Crippen molar-refractivity contribution in [2.45, 2.75) is 33.2 Å². The number of hydrogen-bond donors (Lipinski definition) is 1. The Morgan fingerprint density at radius 3 is 2.64 bits per heavy atom. The van der Waals surface area contributed by atoms with Crippen molar-refractivity contribution in [2.24, 2.45) is 11.1 Å². The summed E-state index contributed by atoms with van der Waals surface area (Å²) in [5, 5.41) is 1.91. The van der Waals surface area contributed by atoms with E-state index < -0.39 is 0 Å². The van der Waals surface area contributed by atoms with Gasteiger partial charge in [-0.3, -0.25) is 4.79 Å². The molecular formula is C11H17NOS. The molecule has 1 atom stereocenters. The fourth-order valence-electron chi connectivity index (χ4n) is 1.04. The van der Waals surface area contributed by atoms with Crippen LogP contribution >= 0.6 is 11.3 Å². The molecule has 2 nitrogen and oxygen atoms in total. The van der Waals surface area contributed by atoms with Crippen LogP contribution in [0.15, 0.2) is 17.5 Å². The van der Waals surface area contributed by atoms with Gasteiger partial charge < -0.3 is 5.73 Å².